The fourth-order valence-electron chi connectivity index (χ4n) is 4.97. The van der Waals surface area contributed by atoms with Gasteiger partial charge in [0.1, 0.15) is 18.6 Å². The lowest BCUT2D eigenvalue weighted by atomic mass is 9.94. The van der Waals surface area contributed by atoms with Gasteiger partial charge in [0.25, 0.3) is 0 Å². The number of benzene rings is 2. The minimum Gasteiger partial charge on any atom is -0.448 e. The number of imide groups is 1. The van der Waals surface area contributed by atoms with Crippen LogP contribution in [0.25, 0.3) is 11.1 Å². The van der Waals surface area contributed by atoms with Gasteiger partial charge in [-0.25, -0.2) is 18.5 Å². The molecule has 2 aromatic rings. The predicted molar refractivity (Wildman–Crippen MR) is 133 cm³/mol. The smallest absolute Gasteiger partial charge is 0.416 e. The van der Waals surface area contributed by atoms with E-state index in [0.717, 1.165) is 40.0 Å². The minimum atomic E-state index is -1.14. The molecule has 3 fully saturated rings. The fourth-order valence-corrected chi connectivity index (χ4v) is 4.97. The number of ether oxygens (including phenoxy) is 1. The molecule has 5 rings (SSSR count). The van der Waals surface area contributed by atoms with Crippen molar-refractivity contribution in [1.29, 1.82) is 0 Å². The fraction of sp³-hybridized carbons (Fsp3) is 0.464. The molecule has 0 spiro atoms. The van der Waals surface area contributed by atoms with Gasteiger partial charge in [-0.05, 0) is 46.6 Å². The monoisotopic (exact) mass is 511 g/mol. The maximum Gasteiger partial charge on any atom is 0.416 e. The average molecular weight is 512 g/mol. The number of nitrogens with zero attached hydrogens (tertiary/aromatic N) is 2. The van der Waals surface area contributed by atoms with Crippen molar-refractivity contribution in [3.05, 3.63) is 59.4 Å². The second-order valence-electron chi connectivity index (χ2n) is 10.4. The van der Waals surface area contributed by atoms with Crippen LogP contribution in [0.3, 0.4) is 0 Å². The van der Waals surface area contributed by atoms with Crippen molar-refractivity contribution in [2.24, 2.45) is 0 Å². The van der Waals surface area contributed by atoms with Crippen LogP contribution in [0.5, 0.6) is 0 Å². The van der Waals surface area contributed by atoms with Gasteiger partial charge in [0, 0.05) is 39.0 Å². The summed E-state index contributed by atoms with van der Waals surface area (Å²) in [6, 6.07) is 12.3. The third kappa shape index (κ3) is 5.51. The van der Waals surface area contributed by atoms with Gasteiger partial charge in [-0.1, -0.05) is 43.3 Å². The van der Waals surface area contributed by atoms with Crippen LogP contribution in [0.1, 0.15) is 43.7 Å². The van der Waals surface area contributed by atoms with Crippen LogP contribution in [0.15, 0.2) is 42.5 Å². The molecule has 7 nitrogen and oxygen atoms in total. The number of hydrogen-bond acceptors (Lipinski definition) is 5. The van der Waals surface area contributed by atoms with Gasteiger partial charge in [0.15, 0.2) is 0 Å². The molecular formula is C28H31F2N3O4. The Morgan fingerprint density at radius 1 is 1.14 bits per heavy atom. The highest BCUT2D eigenvalue weighted by molar-refractivity contribution is 5.96. The van der Waals surface area contributed by atoms with Crippen LogP contribution in [0.2, 0.25) is 0 Å². The predicted octanol–water partition coefficient (Wildman–Crippen LogP) is 3.94. The van der Waals surface area contributed by atoms with Gasteiger partial charge in [-0.15, -0.1) is 0 Å². The number of rotatable bonds is 8. The molecule has 2 unspecified atom stereocenters. The Balaban J connectivity index is 1.12. The Bertz CT molecular complexity index is 1200. The number of nitrogens with one attached hydrogen (secondary N) is 1. The number of carbonyl (C=O) groups is 3. The molecule has 2 heterocycles. The maximum absolute atomic E-state index is 14.6. The zero-order valence-electron chi connectivity index (χ0n) is 20.8. The number of alkyl halides is 1. The number of halogens is 2. The molecule has 2 atom stereocenters. The van der Waals surface area contributed by atoms with Gasteiger partial charge < -0.3 is 10.1 Å². The molecule has 196 valence electrons. The summed E-state index contributed by atoms with van der Waals surface area (Å²) in [6.07, 6.45) is 0.598. The van der Waals surface area contributed by atoms with E-state index >= 15 is 0 Å². The van der Waals surface area contributed by atoms with E-state index < -0.39 is 18.3 Å². The second kappa shape index (κ2) is 10.2. The number of likely N-dealkylation sites (tertiary alicyclic amines) is 2. The molecule has 2 aliphatic heterocycles. The van der Waals surface area contributed by atoms with Crippen LogP contribution in [-0.4, -0.2) is 66.2 Å². The van der Waals surface area contributed by atoms with Crippen LogP contribution in [-0.2, 0) is 26.3 Å². The Morgan fingerprint density at radius 2 is 1.86 bits per heavy atom. The summed E-state index contributed by atoms with van der Waals surface area (Å²) in [5.41, 5.74) is 3.31. The Hall–Kier alpha value is -3.33. The molecule has 1 N–H and O–H groups in total. The molecule has 2 aromatic carbocycles. The first-order valence-corrected chi connectivity index (χ1v) is 12.8. The van der Waals surface area contributed by atoms with Crippen molar-refractivity contribution >= 4 is 17.9 Å². The third-order valence-corrected chi connectivity index (χ3v) is 7.70. The van der Waals surface area contributed by atoms with Crippen molar-refractivity contribution < 1.29 is 27.9 Å². The summed E-state index contributed by atoms with van der Waals surface area (Å²) in [7, 11) is 0. The first kappa shape index (κ1) is 25.3. The molecule has 3 aliphatic rings. The Labute approximate surface area is 214 Å². The molecule has 1 aliphatic carbocycles. The van der Waals surface area contributed by atoms with E-state index in [1.807, 2.05) is 36.4 Å². The van der Waals surface area contributed by atoms with E-state index in [1.54, 1.807) is 11.0 Å². The first-order valence-electron chi connectivity index (χ1n) is 12.8. The SMILES string of the molecule is CC1(c2ccc(-c3ccc(CNC(=O)C4CC(F)CN4CCOC(=O)N4CCC4=O)cc3)cc2F)CC1. The lowest BCUT2D eigenvalue weighted by Crippen LogP contribution is -2.48. The van der Waals surface area contributed by atoms with Crippen LogP contribution < -0.4 is 5.32 Å². The van der Waals surface area contributed by atoms with E-state index in [0.29, 0.717) is 13.0 Å². The van der Waals surface area contributed by atoms with E-state index in [9.17, 15) is 23.2 Å². The van der Waals surface area contributed by atoms with Gasteiger partial charge in [0.05, 0.1) is 6.04 Å². The molecule has 0 bridgehead atoms. The van der Waals surface area contributed by atoms with E-state index in [4.69, 9.17) is 4.74 Å². The molecule has 9 heteroatoms. The van der Waals surface area contributed by atoms with E-state index in [-0.39, 0.29) is 55.7 Å². The van der Waals surface area contributed by atoms with Crippen molar-refractivity contribution in [2.75, 3.05) is 26.2 Å². The molecule has 3 amide bonds. The topological polar surface area (TPSA) is 79.0 Å². The van der Waals surface area contributed by atoms with E-state index in [1.165, 1.54) is 0 Å². The largest absolute Gasteiger partial charge is 0.448 e. The average Bonchev–Trinajstić information content (AvgIpc) is 3.51. The summed E-state index contributed by atoms with van der Waals surface area (Å²) >= 11 is 0. The van der Waals surface area contributed by atoms with Crippen molar-refractivity contribution in [2.45, 2.75) is 56.8 Å². The minimum absolute atomic E-state index is 0.0264. The summed E-state index contributed by atoms with van der Waals surface area (Å²) in [4.78, 5) is 38.6. The molecule has 37 heavy (non-hydrogen) atoms. The van der Waals surface area contributed by atoms with Crippen LogP contribution in [0, 0.1) is 5.82 Å². The third-order valence-electron chi connectivity index (χ3n) is 7.70. The molecule has 2 saturated heterocycles. The number of β-lactam (4-membered cyclic amide) rings is 1. The summed E-state index contributed by atoms with van der Waals surface area (Å²) < 4.78 is 33.8. The highest BCUT2D eigenvalue weighted by atomic mass is 19.1. The van der Waals surface area contributed by atoms with E-state index in [2.05, 4.69) is 12.2 Å². The standard InChI is InChI=1S/C28H31F2N3O4/c1-28(9-10-28)22-7-6-20(14-23(22)30)19-4-2-18(3-5-19)16-31-26(35)24-15-21(29)17-32(24)12-13-37-27(36)33-11-8-25(33)34/h2-7,14,21,24H,8-13,15-17H2,1H3,(H,31,35). The first-order chi connectivity index (χ1) is 17.7. The van der Waals surface area contributed by atoms with Crippen molar-refractivity contribution in [1.82, 2.24) is 15.1 Å². The van der Waals surface area contributed by atoms with Gasteiger partial charge >= 0.3 is 6.09 Å². The molecule has 0 aromatic heterocycles. The van der Waals surface area contributed by atoms with Crippen LogP contribution in [0.4, 0.5) is 13.6 Å². The van der Waals surface area contributed by atoms with Gasteiger partial charge in [-0.3, -0.25) is 14.5 Å². The second-order valence-corrected chi connectivity index (χ2v) is 10.4. The lowest BCUT2D eigenvalue weighted by Gasteiger charge is -2.28. The Kier molecular flexibility index (Phi) is 6.98. The van der Waals surface area contributed by atoms with Gasteiger partial charge in [0.2, 0.25) is 11.8 Å². The summed E-state index contributed by atoms with van der Waals surface area (Å²) in [5.74, 6) is -0.738. The number of hydrogen-bond donors (Lipinski definition) is 1. The maximum atomic E-state index is 14.6. The number of amides is 3. The summed E-state index contributed by atoms with van der Waals surface area (Å²) in [5, 5.41) is 2.86. The quantitative estimate of drug-likeness (QED) is 0.544. The number of carbonyl (C=O) groups excluding carboxylic acids is 3. The lowest BCUT2D eigenvalue weighted by molar-refractivity contribution is -0.137. The molecule has 0 radical (unpaired) electrons. The normalized spacial score (nSPS) is 22.5. The highest BCUT2D eigenvalue weighted by Crippen LogP contribution is 2.48. The molecule has 1 saturated carbocycles. The zero-order valence-corrected chi connectivity index (χ0v) is 20.8. The van der Waals surface area contributed by atoms with Gasteiger partial charge in [-0.2, -0.15) is 0 Å². The zero-order chi connectivity index (χ0) is 26.2. The summed E-state index contributed by atoms with van der Waals surface area (Å²) in [6.45, 7) is 2.97. The van der Waals surface area contributed by atoms with Crippen molar-refractivity contribution in [3.8, 4) is 11.1 Å². The van der Waals surface area contributed by atoms with Crippen molar-refractivity contribution in [3.63, 3.8) is 0 Å². The highest BCUT2D eigenvalue weighted by Gasteiger charge is 2.41. The Morgan fingerprint density at radius 3 is 2.49 bits per heavy atom. The molecular weight excluding hydrogens is 480 g/mol. The van der Waals surface area contributed by atoms with Crippen LogP contribution >= 0.6 is 0 Å².